The Morgan fingerprint density at radius 1 is 1.26 bits per heavy atom. The molecule has 1 heterocycles. The fraction of sp³-hybridized carbons (Fsp3) is 0.625. The second-order valence-electron chi connectivity index (χ2n) is 6.51. The maximum atomic E-state index is 5.57. The van der Waals surface area contributed by atoms with E-state index >= 15 is 0 Å². The van der Waals surface area contributed by atoms with Crippen LogP contribution in [0.4, 0.5) is 0 Å². The summed E-state index contributed by atoms with van der Waals surface area (Å²) in [5.41, 5.74) is 1.77. The SMILES string of the molecule is CC(C)(C)NCC1(c2cccc(Br)c2)CCOCC1. The Bertz CT molecular complexity index is 419. The van der Waals surface area contributed by atoms with Crippen LogP contribution in [0.5, 0.6) is 0 Å². The molecule has 106 valence electrons. The highest BCUT2D eigenvalue weighted by Gasteiger charge is 2.35. The smallest absolute Gasteiger partial charge is 0.0475 e. The molecule has 1 aromatic carbocycles. The molecule has 1 saturated heterocycles. The molecule has 19 heavy (non-hydrogen) atoms. The first-order chi connectivity index (χ1) is 8.91. The van der Waals surface area contributed by atoms with Gasteiger partial charge in [0, 0.05) is 35.2 Å². The first kappa shape index (κ1) is 15.0. The zero-order valence-corrected chi connectivity index (χ0v) is 13.7. The number of hydrogen-bond donors (Lipinski definition) is 1. The van der Waals surface area contributed by atoms with Crippen LogP contribution in [-0.4, -0.2) is 25.3 Å². The molecule has 1 N–H and O–H groups in total. The average Bonchev–Trinajstić information content (AvgIpc) is 2.37. The van der Waals surface area contributed by atoms with E-state index in [0.717, 1.165) is 37.1 Å². The van der Waals surface area contributed by atoms with Crippen molar-refractivity contribution in [3.63, 3.8) is 0 Å². The molecule has 1 aromatic rings. The average molecular weight is 326 g/mol. The zero-order chi connectivity index (χ0) is 13.9. The molecule has 1 aliphatic heterocycles. The van der Waals surface area contributed by atoms with Crippen molar-refractivity contribution >= 4 is 15.9 Å². The Morgan fingerprint density at radius 3 is 2.53 bits per heavy atom. The normalized spacial score (nSPS) is 19.4. The molecule has 0 unspecified atom stereocenters. The van der Waals surface area contributed by atoms with E-state index < -0.39 is 0 Å². The van der Waals surface area contributed by atoms with Gasteiger partial charge in [0.25, 0.3) is 0 Å². The standard InChI is InChI=1S/C16H24BrNO/c1-15(2,3)18-12-16(7-9-19-10-8-16)13-5-4-6-14(17)11-13/h4-6,11,18H,7-10,12H2,1-3H3. The quantitative estimate of drug-likeness (QED) is 0.910. The Hall–Kier alpha value is -0.380. The van der Waals surface area contributed by atoms with Crippen LogP contribution in [0.3, 0.4) is 0 Å². The van der Waals surface area contributed by atoms with Crippen molar-refractivity contribution in [2.45, 2.75) is 44.6 Å². The third-order valence-corrected chi connectivity index (χ3v) is 4.34. The summed E-state index contributed by atoms with van der Waals surface area (Å²) in [6.45, 7) is 9.40. The number of hydrogen-bond acceptors (Lipinski definition) is 2. The van der Waals surface area contributed by atoms with Gasteiger partial charge in [-0.1, -0.05) is 28.1 Å². The van der Waals surface area contributed by atoms with Crippen molar-refractivity contribution in [1.29, 1.82) is 0 Å². The molecule has 0 radical (unpaired) electrons. The summed E-state index contributed by atoms with van der Waals surface area (Å²) in [7, 11) is 0. The van der Waals surface area contributed by atoms with Crippen molar-refractivity contribution in [2.75, 3.05) is 19.8 Å². The van der Waals surface area contributed by atoms with Crippen molar-refractivity contribution in [1.82, 2.24) is 5.32 Å². The van der Waals surface area contributed by atoms with Crippen LogP contribution in [-0.2, 0) is 10.2 Å². The van der Waals surface area contributed by atoms with E-state index in [1.165, 1.54) is 5.56 Å². The monoisotopic (exact) mass is 325 g/mol. The van der Waals surface area contributed by atoms with Crippen LogP contribution in [0.1, 0.15) is 39.2 Å². The Morgan fingerprint density at radius 2 is 1.95 bits per heavy atom. The van der Waals surface area contributed by atoms with Crippen molar-refractivity contribution in [3.05, 3.63) is 34.3 Å². The molecule has 0 atom stereocenters. The number of ether oxygens (including phenoxy) is 1. The van der Waals surface area contributed by atoms with Gasteiger partial charge in [0.2, 0.25) is 0 Å². The molecular weight excluding hydrogens is 302 g/mol. The van der Waals surface area contributed by atoms with E-state index in [1.807, 2.05) is 0 Å². The molecule has 0 amide bonds. The van der Waals surface area contributed by atoms with Gasteiger partial charge in [-0.05, 0) is 51.3 Å². The summed E-state index contributed by atoms with van der Waals surface area (Å²) < 4.78 is 6.73. The van der Waals surface area contributed by atoms with Crippen LogP contribution in [0.2, 0.25) is 0 Å². The minimum absolute atomic E-state index is 0.150. The minimum atomic E-state index is 0.150. The van der Waals surface area contributed by atoms with Gasteiger partial charge < -0.3 is 10.1 Å². The highest BCUT2D eigenvalue weighted by atomic mass is 79.9. The van der Waals surface area contributed by atoms with Crippen LogP contribution in [0.25, 0.3) is 0 Å². The van der Waals surface area contributed by atoms with Crippen LogP contribution in [0, 0.1) is 0 Å². The third kappa shape index (κ3) is 4.04. The van der Waals surface area contributed by atoms with E-state index in [0.29, 0.717) is 0 Å². The number of halogens is 1. The van der Waals surface area contributed by atoms with E-state index in [-0.39, 0.29) is 11.0 Å². The first-order valence-electron chi connectivity index (χ1n) is 7.00. The minimum Gasteiger partial charge on any atom is -0.381 e. The molecule has 0 spiro atoms. The lowest BCUT2D eigenvalue weighted by atomic mass is 9.73. The van der Waals surface area contributed by atoms with Gasteiger partial charge in [-0.3, -0.25) is 0 Å². The predicted octanol–water partition coefficient (Wildman–Crippen LogP) is 3.89. The summed E-state index contributed by atoms with van der Waals surface area (Å²) in [5, 5.41) is 3.68. The molecule has 0 aliphatic carbocycles. The zero-order valence-electron chi connectivity index (χ0n) is 12.1. The van der Waals surface area contributed by atoms with Gasteiger partial charge in [-0.15, -0.1) is 0 Å². The molecule has 1 aliphatic rings. The van der Waals surface area contributed by atoms with Crippen molar-refractivity contribution in [3.8, 4) is 0 Å². The fourth-order valence-electron chi connectivity index (χ4n) is 2.58. The summed E-state index contributed by atoms with van der Waals surface area (Å²) in [4.78, 5) is 0. The van der Waals surface area contributed by atoms with Gasteiger partial charge in [0.1, 0.15) is 0 Å². The van der Waals surface area contributed by atoms with Crippen molar-refractivity contribution in [2.24, 2.45) is 0 Å². The van der Waals surface area contributed by atoms with Gasteiger partial charge >= 0.3 is 0 Å². The molecule has 3 heteroatoms. The number of rotatable bonds is 3. The molecule has 0 bridgehead atoms. The van der Waals surface area contributed by atoms with Crippen LogP contribution >= 0.6 is 15.9 Å². The Balaban J connectivity index is 2.24. The van der Waals surface area contributed by atoms with Gasteiger partial charge in [-0.25, -0.2) is 0 Å². The predicted molar refractivity (Wildman–Crippen MR) is 83.6 cm³/mol. The lowest BCUT2D eigenvalue weighted by molar-refractivity contribution is 0.0476. The van der Waals surface area contributed by atoms with E-state index in [4.69, 9.17) is 4.74 Å². The fourth-order valence-corrected chi connectivity index (χ4v) is 2.98. The Kier molecular flexibility index (Phi) is 4.70. The second-order valence-corrected chi connectivity index (χ2v) is 7.42. The number of nitrogens with one attached hydrogen (secondary N) is 1. The molecule has 2 nitrogen and oxygen atoms in total. The summed E-state index contributed by atoms with van der Waals surface area (Å²) in [6, 6.07) is 8.73. The lowest BCUT2D eigenvalue weighted by Gasteiger charge is -2.40. The van der Waals surface area contributed by atoms with Gasteiger partial charge in [0.15, 0.2) is 0 Å². The van der Waals surface area contributed by atoms with E-state index in [9.17, 15) is 0 Å². The largest absolute Gasteiger partial charge is 0.381 e. The second kappa shape index (κ2) is 5.94. The maximum Gasteiger partial charge on any atom is 0.0475 e. The van der Waals surface area contributed by atoms with Gasteiger partial charge in [-0.2, -0.15) is 0 Å². The number of benzene rings is 1. The van der Waals surface area contributed by atoms with Crippen LogP contribution < -0.4 is 5.32 Å². The molecule has 0 saturated carbocycles. The molecule has 0 aromatic heterocycles. The van der Waals surface area contributed by atoms with E-state index in [1.54, 1.807) is 0 Å². The lowest BCUT2D eigenvalue weighted by Crippen LogP contribution is -2.48. The molecular formula is C16H24BrNO. The summed E-state index contributed by atoms with van der Waals surface area (Å²) in [6.07, 6.45) is 2.18. The summed E-state index contributed by atoms with van der Waals surface area (Å²) >= 11 is 3.59. The maximum absolute atomic E-state index is 5.57. The van der Waals surface area contributed by atoms with Crippen molar-refractivity contribution < 1.29 is 4.74 Å². The van der Waals surface area contributed by atoms with Crippen LogP contribution in [0.15, 0.2) is 28.7 Å². The topological polar surface area (TPSA) is 21.3 Å². The highest BCUT2D eigenvalue weighted by Crippen LogP contribution is 2.35. The third-order valence-electron chi connectivity index (χ3n) is 3.84. The highest BCUT2D eigenvalue weighted by molar-refractivity contribution is 9.10. The molecule has 2 rings (SSSR count). The Labute approximate surface area is 125 Å². The first-order valence-corrected chi connectivity index (χ1v) is 7.79. The summed E-state index contributed by atoms with van der Waals surface area (Å²) in [5.74, 6) is 0. The van der Waals surface area contributed by atoms with E-state index in [2.05, 4.69) is 66.3 Å². The molecule has 1 fully saturated rings. The van der Waals surface area contributed by atoms with Gasteiger partial charge in [0.05, 0.1) is 0 Å².